The lowest BCUT2D eigenvalue weighted by atomic mass is 10.0. The van der Waals surface area contributed by atoms with Crippen LogP contribution in [0.4, 0.5) is 10.1 Å². The summed E-state index contributed by atoms with van der Waals surface area (Å²) in [5.74, 6) is 0.497. The van der Waals surface area contributed by atoms with Crippen molar-refractivity contribution in [1.29, 1.82) is 0 Å². The largest absolute Gasteiger partial charge is 0.384 e. The molecule has 0 atom stereocenters. The molecule has 0 amide bonds. The van der Waals surface area contributed by atoms with E-state index in [2.05, 4.69) is 58.9 Å². The summed E-state index contributed by atoms with van der Waals surface area (Å²) in [5.41, 5.74) is 8.59. The number of hydrogen-bond donors (Lipinski definition) is 4. The Balaban J connectivity index is 1.17. The molecular formula is C35H38FN9. The lowest BCUT2D eigenvalue weighted by molar-refractivity contribution is 0.425. The summed E-state index contributed by atoms with van der Waals surface area (Å²) in [6, 6.07) is 11.3. The molecule has 0 radical (unpaired) electrons. The molecule has 1 aromatic carbocycles. The molecule has 0 unspecified atom stereocenters. The van der Waals surface area contributed by atoms with Crippen molar-refractivity contribution in [1.82, 2.24) is 40.3 Å². The summed E-state index contributed by atoms with van der Waals surface area (Å²) in [7, 11) is 4.03. The van der Waals surface area contributed by atoms with Crippen LogP contribution >= 0.6 is 0 Å². The smallest absolute Gasteiger partial charge is 0.125 e. The minimum atomic E-state index is -0.297. The van der Waals surface area contributed by atoms with Crippen molar-refractivity contribution >= 4 is 27.5 Å². The van der Waals surface area contributed by atoms with Crippen molar-refractivity contribution in [2.24, 2.45) is 5.92 Å². The van der Waals surface area contributed by atoms with Crippen molar-refractivity contribution in [2.45, 2.75) is 32.2 Å². The second kappa shape index (κ2) is 12.7. The van der Waals surface area contributed by atoms with Gasteiger partial charge < -0.3 is 20.5 Å². The SMILES string of the molecule is CN(C)CCNc1cc(F)cc(-c2cncc3[nH]c(-c4n[nH]c5cnc(-c6cncc(CNCC7CCCC7)c6)cc45)cc23)c1. The number of H-pyrrole nitrogens is 2. The van der Waals surface area contributed by atoms with Crippen LogP contribution in [0.2, 0.25) is 0 Å². The fraction of sp³-hybridized carbons (Fsp3) is 0.314. The predicted octanol–water partition coefficient (Wildman–Crippen LogP) is 6.62. The first-order chi connectivity index (χ1) is 22.0. The van der Waals surface area contributed by atoms with Crippen molar-refractivity contribution < 1.29 is 4.39 Å². The number of pyridine rings is 3. The van der Waals surface area contributed by atoms with Gasteiger partial charge in [0.25, 0.3) is 0 Å². The highest BCUT2D eigenvalue weighted by Gasteiger charge is 2.17. The van der Waals surface area contributed by atoms with Gasteiger partial charge in [-0.1, -0.05) is 12.8 Å². The number of benzene rings is 1. The number of halogens is 1. The number of likely N-dealkylation sites (N-methyl/N-ethyl adjacent to an activating group) is 1. The molecule has 6 aromatic rings. The molecule has 0 bridgehead atoms. The van der Waals surface area contributed by atoms with Gasteiger partial charge in [-0.05, 0) is 86.9 Å². The molecule has 9 nitrogen and oxygen atoms in total. The third-order valence-electron chi connectivity index (χ3n) is 8.67. The number of nitrogens with zero attached hydrogens (tertiary/aromatic N) is 5. The topological polar surface area (TPSA) is 110 Å². The summed E-state index contributed by atoms with van der Waals surface area (Å²) >= 11 is 0. The molecule has 230 valence electrons. The number of nitrogens with one attached hydrogen (secondary N) is 4. The Labute approximate surface area is 261 Å². The zero-order valence-electron chi connectivity index (χ0n) is 25.7. The van der Waals surface area contributed by atoms with Gasteiger partial charge >= 0.3 is 0 Å². The van der Waals surface area contributed by atoms with Crippen LogP contribution in [0.25, 0.3) is 55.6 Å². The summed E-state index contributed by atoms with van der Waals surface area (Å²) < 4.78 is 14.7. The second-order valence-corrected chi connectivity index (χ2v) is 12.3. The quantitative estimate of drug-likeness (QED) is 0.132. The van der Waals surface area contributed by atoms with Gasteiger partial charge in [0.2, 0.25) is 0 Å². The molecule has 5 heterocycles. The maximum Gasteiger partial charge on any atom is 0.125 e. The molecule has 0 aliphatic heterocycles. The van der Waals surface area contributed by atoms with Gasteiger partial charge in [0.15, 0.2) is 0 Å². The van der Waals surface area contributed by atoms with E-state index in [-0.39, 0.29) is 5.82 Å². The van der Waals surface area contributed by atoms with Gasteiger partial charge in [-0.3, -0.25) is 20.1 Å². The van der Waals surface area contributed by atoms with Crippen molar-refractivity contribution in [3.63, 3.8) is 0 Å². The lowest BCUT2D eigenvalue weighted by Gasteiger charge is -2.13. The van der Waals surface area contributed by atoms with E-state index < -0.39 is 0 Å². The monoisotopic (exact) mass is 603 g/mol. The highest BCUT2D eigenvalue weighted by Crippen LogP contribution is 2.35. The summed E-state index contributed by atoms with van der Waals surface area (Å²) in [6.07, 6.45) is 14.5. The number of anilines is 1. The molecule has 45 heavy (non-hydrogen) atoms. The zero-order valence-corrected chi connectivity index (χ0v) is 25.7. The average Bonchev–Trinajstić information content (AvgIpc) is 3.80. The Morgan fingerprint density at radius 3 is 2.62 bits per heavy atom. The molecule has 1 aliphatic rings. The van der Waals surface area contributed by atoms with Crippen LogP contribution in [-0.4, -0.2) is 68.8 Å². The Kier molecular flexibility index (Phi) is 8.23. The summed E-state index contributed by atoms with van der Waals surface area (Å²) in [6.45, 7) is 3.41. The fourth-order valence-corrected chi connectivity index (χ4v) is 6.32. The van der Waals surface area contributed by atoms with Gasteiger partial charge in [-0.15, -0.1) is 0 Å². The van der Waals surface area contributed by atoms with E-state index in [9.17, 15) is 4.39 Å². The van der Waals surface area contributed by atoms with E-state index in [1.807, 2.05) is 38.8 Å². The van der Waals surface area contributed by atoms with Crippen molar-refractivity contribution in [2.75, 3.05) is 39.0 Å². The lowest BCUT2D eigenvalue weighted by Crippen LogP contribution is -2.20. The van der Waals surface area contributed by atoms with Crippen LogP contribution in [0.3, 0.4) is 0 Å². The predicted molar refractivity (Wildman–Crippen MR) is 178 cm³/mol. The second-order valence-electron chi connectivity index (χ2n) is 12.3. The standard InChI is InChI=1S/C35H38FN9/c1-45(2)8-7-40-27-11-24(10-26(36)12-27)30-19-39-20-33-28(30)13-32(42-33)35-29-14-31(41-21-34(29)43-44-35)25-9-23(17-38-18-25)16-37-15-22-5-3-4-6-22/h9-14,17-22,37,40,42H,3-8,15-16H2,1-2H3,(H,43,44). The Hall–Kier alpha value is -4.67. The molecule has 0 spiro atoms. The number of aromatic amines is 2. The first kappa shape index (κ1) is 29.1. The summed E-state index contributed by atoms with van der Waals surface area (Å²) in [5, 5.41) is 16.6. The molecule has 4 N–H and O–H groups in total. The number of rotatable bonds is 11. The number of fused-ring (bicyclic) bond motifs is 2. The van der Waals surface area contributed by atoms with Gasteiger partial charge in [0, 0.05) is 65.8 Å². The molecule has 1 fully saturated rings. The van der Waals surface area contributed by atoms with E-state index in [0.717, 1.165) is 92.4 Å². The van der Waals surface area contributed by atoms with Gasteiger partial charge in [0.05, 0.1) is 34.8 Å². The molecule has 7 rings (SSSR count). The Morgan fingerprint density at radius 1 is 0.889 bits per heavy atom. The number of hydrogen-bond acceptors (Lipinski definition) is 7. The first-order valence-corrected chi connectivity index (χ1v) is 15.7. The third-order valence-corrected chi connectivity index (χ3v) is 8.67. The molecule has 5 aromatic heterocycles. The van der Waals surface area contributed by atoms with Gasteiger partial charge in [-0.25, -0.2) is 4.39 Å². The van der Waals surface area contributed by atoms with Crippen molar-refractivity contribution in [3.8, 4) is 33.8 Å². The van der Waals surface area contributed by atoms with E-state index in [0.29, 0.717) is 6.54 Å². The third kappa shape index (κ3) is 6.43. The molecule has 1 saturated carbocycles. The van der Waals surface area contributed by atoms with Crippen LogP contribution in [0, 0.1) is 11.7 Å². The normalized spacial score (nSPS) is 13.9. The van der Waals surface area contributed by atoms with Crippen molar-refractivity contribution in [3.05, 3.63) is 78.8 Å². The van der Waals surface area contributed by atoms with E-state index in [1.165, 1.54) is 31.7 Å². The highest BCUT2D eigenvalue weighted by atomic mass is 19.1. The van der Waals surface area contributed by atoms with Crippen LogP contribution in [-0.2, 0) is 6.54 Å². The van der Waals surface area contributed by atoms with E-state index in [1.54, 1.807) is 18.5 Å². The summed E-state index contributed by atoms with van der Waals surface area (Å²) in [4.78, 5) is 19.3. The van der Waals surface area contributed by atoms with Gasteiger partial charge in [-0.2, -0.15) is 5.10 Å². The molecule has 10 heteroatoms. The maximum atomic E-state index is 14.7. The van der Waals surface area contributed by atoms with Crippen LogP contribution in [0.5, 0.6) is 0 Å². The van der Waals surface area contributed by atoms with Crippen LogP contribution in [0.15, 0.2) is 67.4 Å². The Bertz CT molecular complexity index is 1940. The fourth-order valence-electron chi connectivity index (χ4n) is 6.32. The highest BCUT2D eigenvalue weighted by molar-refractivity contribution is 6.01. The van der Waals surface area contributed by atoms with E-state index in [4.69, 9.17) is 4.98 Å². The molecule has 0 saturated heterocycles. The van der Waals surface area contributed by atoms with E-state index >= 15 is 0 Å². The average molecular weight is 604 g/mol. The maximum absolute atomic E-state index is 14.7. The molecular weight excluding hydrogens is 565 g/mol. The van der Waals surface area contributed by atoms with Crippen LogP contribution in [0.1, 0.15) is 31.2 Å². The first-order valence-electron chi connectivity index (χ1n) is 15.7. The Morgan fingerprint density at radius 2 is 1.76 bits per heavy atom. The number of aromatic nitrogens is 6. The van der Waals surface area contributed by atoms with Gasteiger partial charge in [0.1, 0.15) is 11.5 Å². The minimum absolute atomic E-state index is 0.297. The van der Waals surface area contributed by atoms with Crippen LogP contribution < -0.4 is 10.6 Å². The molecule has 1 aliphatic carbocycles. The zero-order chi connectivity index (χ0) is 30.8. The minimum Gasteiger partial charge on any atom is -0.384 e.